The molecule has 2 aromatic rings. The highest BCUT2D eigenvalue weighted by Gasteiger charge is 2.15. The van der Waals surface area contributed by atoms with Crippen LogP contribution in [0, 0.1) is 10.1 Å². The molecule has 2 N–H and O–H groups in total. The topological polar surface area (TPSA) is 132 Å². The molecule has 11 heteroatoms. The SMILES string of the molecule is COc1cc(CCCN(CCO)CCNc2cc(=O)n(C)c(=O)n2C)ccc1[N+](=O)[O-]. The molecule has 0 aliphatic carbocycles. The molecule has 0 atom stereocenters. The lowest BCUT2D eigenvalue weighted by atomic mass is 10.1. The molecule has 0 aliphatic heterocycles. The number of hydrogen-bond donors (Lipinski definition) is 2. The highest BCUT2D eigenvalue weighted by Crippen LogP contribution is 2.27. The van der Waals surface area contributed by atoms with Crippen molar-refractivity contribution < 1.29 is 14.8 Å². The van der Waals surface area contributed by atoms with Crippen molar-refractivity contribution in [2.75, 3.05) is 45.2 Å². The van der Waals surface area contributed by atoms with Crippen molar-refractivity contribution in [3.63, 3.8) is 0 Å². The second kappa shape index (κ2) is 11.3. The van der Waals surface area contributed by atoms with Crippen LogP contribution in [0.15, 0.2) is 33.9 Å². The third-order valence-electron chi connectivity index (χ3n) is 5.06. The number of nitro groups is 1. The lowest BCUT2D eigenvalue weighted by molar-refractivity contribution is -0.385. The summed E-state index contributed by atoms with van der Waals surface area (Å²) in [6.07, 6.45) is 1.48. The second-order valence-corrected chi connectivity index (χ2v) is 7.13. The Kier molecular flexibility index (Phi) is 8.76. The Bertz CT molecular complexity index is 1020. The Morgan fingerprint density at radius 2 is 1.90 bits per heavy atom. The predicted molar refractivity (Wildman–Crippen MR) is 117 cm³/mol. The van der Waals surface area contributed by atoms with Crippen molar-refractivity contribution in [2.45, 2.75) is 12.8 Å². The third kappa shape index (κ3) is 6.40. The minimum absolute atomic E-state index is 0.00964. The van der Waals surface area contributed by atoms with Crippen LogP contribution in [0.4, 0.5) is 11.5 Å². The van der Waals surface area contributed by atoms with Crippen molar-refractivity contribution >= 4 is 11.5 Å². The lowest BCUT2D eigenvalue weighted by Gasteiger charge is -2.22. The molecule has 0 bridgehead atoms. The quantitative estimate of drug-likeness (QED) is 0.360. The zero-order valence-electron chi connectivity index (χ0n) is 18.0. The van der Waals surface area contributed by atoms with E-state index in [9.17, 15) is 24.8 Å². The number of aromatic nitrogens is 2. The van der Waals surface area contributed by atoms with E-state index in [-0.39, 0.29) is 23.6 Å². The van der Waals surface area contributed by atoms with Gasteiger partial charge in [-0.1, -0.05) is 6.07 Å². The number of aliphatic hydroxyl groups is 1. The number of aryl methyl sites for hydroxylation is 1. The van der Waals surface area contributed by atoms with Crippen molar-refractivity contribution in [3.05, 3.63) is 60.8 Å². The number of hydrogen-bond acceptors (Lipinski definition) is 8. The Balaban J connectivity index is 1.90. The minimum Gasteiger partial charge on any atom is -0.490 e. The first kappa shape index (κ1) is 24.1. The molecule has 31 heavy (non-hydrogen) atoms. The maximum Gasteiger partial charge on any atom is 0.332 e. The molecule has 170 valence electrons. The monoisotopic (exact) mass is 435 g/mol. The van der Waals surface area contributed by atoms with Crippen LogP contribution in [0.5, 0.6) is 5.75 Å². The fourth-order valence-corrected chi connectivity index (χ4v) is 3.26. The Morgan fingerprint density at radius 3 is 2.55 bits per heavy atom. The fourth-order valence-electron chi connectivity index (χ4n) is 3.26. The van der Waals surface area contributed by atoms with E-state index in [1.165, 1.54) is 30.9 Å². The highest BCUT2D eigenvalue weighted by molar-refractivity contribution is 5.48. The van der Waals surface area contributed by atoms with Crippen LogP contribution in [0.1, 0.15) is 12.0 Å². The predicted octanol–water partition coefficient (Wildman–Crippen LogP) is 0.340. The van der Waals surface area contributed by atoms with Gasteiger partial charge in [-0.15, -0.1) is 0 Å². The van der Waals surface area contributed by atoms with Gasteiger partial charge in [-0.25, -0.2) is 4.79 Å². The Labute approximate surface area is 179 Å². The van der Waals surface area contributed by atoms with E-state index in [4.69, 9.17) is 4.74 Å². The maximum atomic E-state index is 12.0. The van der Waals surface area contributed by atoms with Crippen molar-refractivity contribution in [1.29, 1.82) is 0 Å². The van der Waals surface area contributed by atoms with E-state index in [1.807, 2.05) is 0 Å². The molecule has 0 saturated carbocycles. The maximum absolute atomic E-state index is 12.0. The lowest BCUT2D eigenvalue weighted by Crippen LogP contribution is -2.38. The number of ether oxygens (including phenoxy) is 1. The minimum atomic E-state index is -0.475. The van der Waals surface area contributed by atoms with Gasteiger partial charge in [0.1, 0.15) is 5.82 Å². The first-order valence-electron chi connectivity index (χ1n) is 9.94. The standard InChI is InChI=1S/C20H29N5O6/c1-22-18(14-19(27)23(2)20(22)28)21-8-10-24(11-12-26)9-4-5-15-6-7-16(25(29)30)17(13-15)31-3/h6-7,13-14,21,26H,4-5,8-12H2,1-3H3. The van der Waals surface area contributed by atoms with Gasteiger partial charge in [0.05, 0.1) is 18.6 Å². The number of nitrogens with one attached hydrogen (secondary N) is 1. The summed E-state index contributed by atoms with van der Waals surface area (Å²) in [4.78, 5) is 36.4. The molecule has 2 rings (SSSR count). The average Bonchev–Trinajstić information content (AvgIpc) is 2.75. The molecule has 1 aromatic carbocycles. The van der Waals surface area contributed by atoms with Crippen LogP contribution in [-0.2, 0) is 20.5 Å². The zero-order chi connectivity index (χ0) is 23.0. The number of nitrogens with zero attached hydrogens (tertiary/aromatic N) is 4. The van der Waals surface area contributed by atoms with E-state index in [0.717, 1.165) is 16.6 Å². The molecule has 0 aliphatic rings. The average molecular weight is 435 g/mol. The molecule has 1 heterocycles. The van der Waals surface area contributed by atoms with E-state index in [1.54, 1.807) is 19.2 Å². The summed E-state index contributed by atoms with van der Waals surface area (Å²) in [5.74, 6) is 0.675. The first-order chi connectivity index (χ1) is 14.8. The molecule has 0 spiro atoms. The molecule has 0 saturated heterocycles. The van der Waals surface area contributed by atoms with Crippen molar-refractivity contribution in [2.24, 2.45) is 14.1 Å². The summed E-state index contributed by atoms with van der Waals surface area (Å²) in [5.41, 5.74) is 0.0844. The molecule has 0 amide bonds. The van der Waals surface area contributed by atoms with Gasteiger partial charge in [0.15, 0.2) is 5.75 Å². The molecular formula is C20H29N5O6. The number of aliphatic hydroxyl groups excluding tert-OH is 1. The molecule has 0 fully saturated rings. The van der Waals surface area contributed by atoms with Gasteiger partial charge < -0.3 is 15.2 Å². The number of methoxy groups -OCH3 is 1. The summed E-state index contributed by atoms with van der Waals surface area (Å²) in [5, 5.41) is 23.4. The van der Waals surface area contributed by atoms with Crippen LogP contribution in [0.3, 0.4) is 0 Å². The summed E-state index contributed by atoms with van der Waals surface area (Å²) in [6, 6.07) is 6.21. The van der Waals surface area contributed by atoms with Crippen LogP contribution in [0.25, 0.3) is 0 Å². The Hall–Kier alpha value is -3.18. The van der Waals surface area contributed by atoms with E-state index >= 15 is 0 Å². The van der Waals surface area contributed by atoms with Gasteiger partial charge in [-0.3, -0.25) is 28.9 Å². The zero-order valence-corrected chi connectivity index (χ0v) is 18.0. The number of benzene rings is 1. The summed E-state index contributed by atoms with van der Waals surface area (Å²) >= 11 is 0. The van der Waals surface area contributed by atoms with Gasteiger partial charge >= 0.3 is 11.4 Å². The second-order valence-electron chi connectivity index (χ2n) is 7.13. The van der Waals surface area contributed by atoms with Gasteiger partial charge in [0, 0.05) is 45.9 Å². The molecule has 0 radical (unpaired) electrons. The van der Waals surface area contributed by atoms with Crippen LogP contribution >= 0.6 is 0 Å². The van der Waals surface area contributed by atoms with Crippen LogP contribution in [-0.4, -0.2) is 64.0 Å². The van der Waals surface area contributed by atoms with Gasteiger partial charge in [-0.05, 0) is 31.0 Å². The molecule has 1 aromatic heterocycles. The van der Waals surface area contributed by atoms with Gasteiger partial charge in [0.2, 0.25) is 0 Å². The number of rotatable bonds is 12. The van der Waals surface area contributed by atoms with Gasteiger partial charge in [0.25, 0.3) is 5.56 Å². The fraction of sp³-hybridized carbons (Fsp3) is 0.500. The van der Waals surface area contributed by atoms with Crippen LogP contribution in [0.2, 0.25) is 0 Å². The first-order valence-corrected chi connectivity index (χ1v) is 9.94. The summed E-state index contributed by atoms with van der Waals surface area (Å²) in [6.45, 7) is 2.30. The number of anilines is 1. The van der Waals surface area contributed by atoms with Gasteiger partial charge in [-0.2, -0.15) is 0 Å². The summed E-state index contributed by atoms with van der Waals surface area (Å²) < 4.78 is 7.51. The van der Waals surface area contributed by atoms with Crippen LogP contribution < -0.4 is 21.3 Å². The van der Waals surface area contributed by atoms with Crippen molar-refractivity contribution in [1.82, 2.24) is 14.0 Å². The largest absolute Gasteiger partial charge is 0.490 e. The third-order valence-corrected chi connectivity index (χ3v) is 5.06. The normalized spacial score (nSPS) is 11.0. The smallest absolute Gasteiger partial charge is 0.332 e. The molecular weight excluding hydrogens is 406 g/mol. The van der Waals surface area contributed by atoms with E-state index in [0.29, 0.717) is 38.4 Å². The molecule has 11 nitrogen and oxygen atoms in total. The molecule has 0 unspecified atom stereocenters. The summed E-state index contributed by atoms with van der Waals surface area (Å²) in [7, 11) is 4.42. The highest BCUT2D eigenvalue weighted by atomic mass is 16.6. The van der Waals surface area contributed by atoms with E-state index < -0.39 is 10.6 Å². The number of nitro benzene ring substituents is 1. The Morgan fingerprint density at radius 1 is 1.16 bits per heavy atom. The van der Waals surface area contributed by atoms with E-state index in [2.05, 4.69) is 10.2 Å². The van der Waals surface area contributed by atoms with Crippen molar-refractivity contribution in [3.8, 4) is 5.75 Å².